The van der Waals surface area contributed by atoms with Gasteiger partial charge in [-0.2, -0.15) is 4.57 Å². The molecule has 2 bridgehead atoms. The van der Waals surface area contributed by atoms with Crippen LogP contribution in [-0.4, -0.2) is 6.21 Å². The average molecular weight is 333 g/mol. The van der Waals surface area contributed by atoms with Crippen LogP contribution in [0.25, 0.3) is 17.5 Å². The number of nitrogens with one attached hydrogen (secondary N) is 1. The Morgan fingerprint density at radius 2 is 2.04 bits per heavy atom. The molecule has 130 valence electrons. The van der Waals surface area contributed by atoms with E-state index in [1.807, 2.05) is 6.20 Å². The van der Waals surface area contributed by atoms with Gasteiger partial charge in [0.2, 0.25) is 5.69 Å². The highest BCUT2D eigenvalue weighted by molar-refractivity contribution is 5.73. The molecular formula is C23H29N2+. The lowest BCUT2D eigenvalue weighted by Gasteiger charge is -2.33. The molecule has 0 spiro atoms. The summed E-state index contributed by atoms with van der Waals surface area (Å²) >= 11 is 0. The standard InChI is InChI=1S/C23H29N2/c1-5-8-10-17-13-14-19-18(15-17)21-11-9-12-22(25(21)7-3)20(16-24)23(19,4)6-2/h7,9,11-16,20,24H,3,5-6,8,10H2,1-2,4H3/q+1. The predicted molar refractivity (Wildman–Crippen MR) is 106 cm³/mol. The third kappa shape index (κ3) is 2.74. The molecule has 1 aromatic carbocycles. The van der Waals surface area contributed by atoms with E-state index >= 15 is 0 Å². The third-order valence-corrected chi connectivity index (χ3v) is 5.94. The smallest absolute Gasteiger partial charge is 0.218 e. The molecule has 1 aliphatic heterocycles. The number of hydrogen-bond donors (Lipinski definition) is 1. The van der Waals surface area contributed by atoms with Crippen molar-refractivity contribution in [3.05, 3.63) is 59.8 Å². The molecule has 0 fully saturated rings. The summed E-state index contributed by atoms with van der Waals surface area (Å²) in [5.74, 6) is 0.0400. The lowest BCUT2D eigenvalue weighted by atomic mass is 9.68. The van der Waals surface area contributed by atoms with Gasteiger partial charge in [-0.05, 0) is 49.1 Å². The van der Waals surface area contributed by atoms with Crippen LogP contribution in [0.5, 0.6) is 0 Å². The van der Waals surface area contributed by atoms with Gasteiger partial charge in [0, 0.05) is 23.8 Å². The topological polar surface area (TPSA) is 27.7 Å². The molecule has 1 N–H and O–H groups in total. The van der Waals surface area contributed by atoms with Crippen LogP contribution in [0.4, 0.5) is 0 Å². The maximum Gasteiger partial charge on any atom is 0.218 e. The minimum Gasteiger partial charge on any atom is -0.312 e. The summed E-state index contributed by atoms with van der Waals surface area (Å²) < 4.78 is 2.18. The van der Waals surface area contributed by atoms with Gasteiger partial charge in [0.25, 0.3) is 0 Å². The second kappa shape index (κ2) is 6.95. The van der Waals surface area contributed by atoms with Crippen molar-refractivity contribution >= 4 is 12.4 Å². The van der Waals surface area contributed by atoms with Crippen LogP contribution in [0.2, 0.25) is 0 Å². The monoisotopic (exact) mass is 333 g/mol. The molecule has 0 saturated carbocycles. The van der Waals surface area contributed by atoms with Crippen molar-refractivity contribution in [2.45, 2.75) is 57.8 Å². The zero-order valence-corrected chi connectivity index (χ0v) is 15.7. The summed E-state index contributed by atoms with van der Waals surface area (Å²) in [5.41, 5.74) is 6.28. The summed E-state index contributed by atoms with van der Waals surface area (Å²) in [4.78, 5) is 0. The van der Waals surface area contributed by atoms with E-state index in [2.05, 4.69) is 68.3 Å². The minimum absolute atomic E-state index is 0.0400. The molecular weight excluding hydrogens is 304 g/mol. The second-order valence-corrected chi connectivity index (χ2v) is 7.29. The fourth-order valence-electron chi connectivity index (χ4n) is 4.23. The van der Waals surface area contributed by atoms with E-state index in [0.29, 0.717) is 0 Å². The Kier molecular flexibility index (Phi) is 4.89. The van der Waals surface area contributed by atoms with Crippen molar-refractivity contribution in [3.8, 4) is 11.3 Å². The number of rotatable bonds is 6. The summed E-state index contributed by atoms with van der Waals surface area (Å²) in [5, 5.41) is 8.16. The lowest BCUT2D eigenvalue weighted by molar-refractivity contribution is -0.565. The molecule has 0 amide bonds. The SMILES string of the molecule is C=C[n+]1c2cccc1C(C=N)C(C)(CC)c1ccc(CCCC)cc1-2. The number of aromatic nitrogens is 1. The van der Waals surface area contributed by atoms with Crippen LogP contribution in [0.1, 0.15) is 62.8 Å². The molecule has 2 heteroatoms. The van der Waals surface area contributed by atoms with Gasteiger partial charge in [-0.1, -0.05) is 39.3 Å². The Hall–Kier alpha value is -2.22. The van der Waals surface area contributed by atoms with Crippen LogP contribution in [0.3, 0.4) is 0 Å². The van der Waals surface area contributed by atoms with Crippen molar-refractivity contribution in [1.82, 2.24) is 0 Å². The van der Waals surface area contributed by atoms with Crippen LogP contribution in [0, 0.1) is 5.41 Å². The van der Waals surface area contributed by atoms with Crippen molar-refractivity contribution in [2.75, 3.05) is 0 Å². The Bertz CT molecular complexity index is 806. The molecule has 25 heavy (non-hydrogen) atoms. The molecule has 3 rings (SSSR count). The first kappa shape index (κ1) is 17.6. The quantitative estimate of drug-likeness (QED) is 0.534. The van der Waals surface area contributed by atoms with Crippen molar-refractivity contribution in [3.63, 3.8) is 0 Å². The van der Waals surface area contributed by atoms with Crippen LogP contribution in [-0.2, 0) is 11.8 Å². The fourth-order valence-corrected chi connectivity index (χ4v) is 4.23. The number of fused-ring (bicyclic) bond motifs is 4. The third-order valence-electron chi connectivity index (χ3n) is 5.94. The average Bonchev–Trinajstić information content (AvgIpc) is 2.69. The van der Waals surface area contributed by atoms with Gasteiger partial charge < -0.3 is 5.41 Å². The van der Waals surface area contributed by atoms with Crippen molar-refractivity contribution in [2.24, 2.45) is 0 Å². The number of pyridine rings is 1. The lowest BCUT2D eigenvalue weighted by Crippen LogP contribution is -2.39. The Morgan fingerprint density at radius 3 is 2.68 bits per heavy atom. The molecule has 2 atom stereocenters. The maximum atomic E-state index is 8.16. The van der Waals surface area contributed by atoms with Gasteiger partial charge in [0.15, 0.2) is 11.9 Å². The Morgan fingerprint density at radius 1 is 1.24 bits per heavy atom. The Labute approximate surface area is 151 Å². The molecule has 0 saturated heterocycles. The number of nitrogens with zero attached hydrogens (tertiary/aromatic N) is 1. The zero-order chi connectivity index (χ0) is 18.0. The number of hydrogen-bond acceptors (Lipinski definition) is 1. The van der Waals surface area contributed by atoms with E-state index in [-0.39, 0.29) is 11.3 Å². The van der Waals surface area contributed by atoms with Gasteiger partial charge >= 0.3 is 0 Å². The molecule has 2 aromatic rings. The van der Waals surface area contributed by atoms with Gasteiger partial charge in [-0.25, -0.2) is 0 Å². The summed E-state index contributed by atoms with van der Waals surface area (Å²) in [7, 11) is 0. The van der Waals surface area contributed by atoms with Crippen LogP contribution >= 0.6 is 0 Å². The largest absolute Gasteiger partial charge is 0.312 e. The first-order valence-corrected chi connectivity index (χ1v) is 9.42. The number of aryl methyl sites for hydroxylation is 1. The Balaban J connectivity index is 2.33. The highest BCUT2D eigenvalue weighted by atomic mass is 15.0. The van der Waals surface area contributed by atoms with Gasteiger partial charge in [0.1, 0.15) is 0 Å². The van der Waals surface area contributed by atoms with E-state index in [9.17, 15) is 0 Å². The number of unbranched alkanes of at least 4 members (excludes halogenated alkanes) is 1. The highest BCUT2D eigenvalue weighted by Gasteiger charge is 2.44. The van der Waals surface area contributed by atoms with E-state index in [1.165, 1.54) is 35.2 Å². The van der Waals surface area contributed by atoms with E-state index in [4.69, 9.17) is 5.41 Å². The zero-order valence-electron chi connectivity index (χ0n) is 15.7. The maximum absolute atomic E-state index is 8.16. The minimum atomic E-state index is -0.0960. The van der Waals surface area contributed by atoms with Crippen molar-refractivity contribution in [1.29, 1.82) is 5.41 Å². The summed E-state index contributed by atoms with van der Waals surface area (Å²) in [6.45, 7) is 10.8. The molecule has 2 heterocycles. The fraction of sp³-hybridized carbons (Fsp3) is 0.391. The van der Waals surface area contributed by atoms with Crippen molar-refractivity contribution < 1.29 is 4.57 Å². The molecule has 2 unspecified atom stereocenters. The van der Waals surface area contributed by atoms with E-state index in [1.54, 1.807) is 6.21 Å². The molecule has 1 aliphatic rings. The molecule has 0 radical (unpaired) electrons. The second-order valence-electron chi connectivity index (χ2n) is 7.29. The van der Waals surface area contributed by atoms with Crippen LogP contribution in [0.15, 0.2) is 43.0 Å². The molecule has 0 aliphatic carbocycles. The predicted octanol–water partition coefficient (Wildman–Crippen LogP) is 5.50. The van der Waals surface area contributed by atoms with E-state index < -0.39 is 0 Å². The van der Waals surface area contributed by atoms with Gasteiger partial charge in [0.05, 0.1) is 11.5 Å². The molecule has 2 nitrogen and oxygen atoms in total. The van der Waals surface area contributed by atoms with Gasteiger partial charge in [-0.15, -0.1) is 0 Å². The van der Waals surface area contributed by atoms with E-state index in [0.717, 1.165) is 18.5 Å². The normalized spacial score (nSPS) is 21.3. The number of benzene rings is 1. The summed E-state index contributed by atoms with van der Waals surface area (Å²) in [6, 6.07) is 13.4. The summed E-state index contributed by atoms with van der Waals surface area (Å²) in [6.07, 6.45) is 8.04. The first-order chi connectivity index (χ1) is 12.1. The first-order valence-electron chi connectivity index (χ1n) is 9.42. The van der Waals surface area contributed by atoms with Gasteiger partial charge in [-0.3, -0.25) is 0 Å². The highest BCUT2D eigenvalue weighted by Crippen LogP contribution is 2.46. The molecule has 1 aromatic heterocycles. The van der Waals surface area contributed by atoms with Crippen LogP contribution < -0.4 is 4.57 Å².